The van der Waals surface area contributed by atoms with Crippen molar-refractivity contribution < 1.29 is 19.0 Å². The molecule has 0 spiro atoms. The van der Waals surface area contributed by atoms with Crippen LogP contribution in [0, 0.1) is 0 Å². The number of benzene rings is 3. The molecule has 7 nitrogen and oxygen atoms in total. The summed E-state index contributed by atoms with van der Waals surface area (Å²) < 4.78 is 17.1. The molecule has 2 aliphatic heterocycles. The lowest BCUT2D eigenvalue weighted by molar-refractivity contribution is -0.131. The number of para-hydroxylation sites is 3. The molecule has 0 unspecified atom stereocenters. The fourth-order valence-corrected chi connectivity index (χ4v) is 4.36. The van der Waals surface area contributed by atoms with Crippen LogP contribution in [0.4, 0.5) is 5.69 Å². The predicted molar refractivity (Wildman–Crippen MR) is 131 cm³/mol. The largest absolute Gasteiger partial charge is 0.497 e. The average molecular weight is 458 g/mol. The second-order valence-electron chi connectivity index (χ2n) is 8.24. The molecule has 34 heavy (non-hydrogen) atoms. The summed E-state index contributed by atoms with van der Waals surface area (Å²) in [5.74, 6) is 3.72. The molecule has 2 aliphatic rings. The van der Waals surface area contributed by atoms with Gasteiger partial charge in [0.1, 0.15) is 17.3 Å². The summed E-state index contributed by atoms with van der Waals surface area (Å²) in [6.45, 7) is 2.62. The maximum Gasteiger partial charge on any atom is 0.227 e. The Hall–Kier alpha value is -4.00. The molecule has 1 amide bonds. The summed E-state index contributed by atoms with van der Waals surface area (Å²) in [5, 5.41) is 0. The maximum atomic E-state index is 13.0. The van der Waals surface area contributed by atoms with Gasteiger partial charge in [0.05, 0.1) is 26.2 Å². The van der Waals surface area contributed by atoms with Crippen LogP contribution in [0.2, 0.25) is 0 Å². The van der Waals surface area contributed by atoms with Gasteiger partial charge in [-0.1, -0.05) is 30.3 Å². The van der Waals surface area contributed by atoms with E-state index in [1.54, 1.807) is 14.2 Å². The van der Waals surface area contributed by atoms with Crippen LogP contribution in [0.1, 0.15) is 11.1 Å². The molecule has 2 heterocycles. The Bertz CT molecular complexity index is 1230. The van der Waals surface area contributed by atoms with Crippen molar-refractivity contribution in [3.8, 4) is 23.0 Å². The van der Waals surface area contributed by atoms with Crippen LogP contribution < -0.4 is 14.2 Å². The molecule has 3 aromatic rings. The quantitative estimate of drug-likeness (QED) is 0.585. The van der Waals surface area contributed by atoms with Gasteiger partial charge >= 0.3 is 0 Å². The summed E-state index contributed by atoms with van der Waals surface area (Å²) in [7, 11) is 3.27. The number of ether oxygens (including phenoxy) is 3. The Morgan fingerprint density at radius 3 is 2.53 bits per heavy atom. The van der Waals surface area contributed by atoms with Gasteiger partial charge in [-0.2, -0.15) is 0 Å². The number of hydrogen-bond donors (Lipinski definition) is 0. The van der Waals surface area contributed by atoms with Crippen LogP contribution in [0.3, 0.4) is 0 Å². The van der Waals surface area contributed by atoms with E-state index in [1.165, 1.54) is 0 Å². The number of amidine groups is 1. The lowest BCUT2D eigenvalue weighted by Gasteiger charge is -2.36. The van der Waals surface area contributed by atoms with Gasteiger partial charge in [0.2, 0.25) is 5.91 Å². The molecule has 0 atom stereocenters. The summed E-state index contributed by atoms with van der Waals surface area (Å²) in [6, 6.07) is 21.2. The third-order valence-electron chi connectivity index (χ3n) is 6.16. The Balaban J connectivity index is 1.36. The monoisotopic (exact) mass is 457 g/mol. The van der Waals surface area contributed by atoms with E-state index in [-0.39, 0.29) is 5.91 Å². The average Bonchev–Trinajstić information content (AvgIpc) is 3.05. The van der Waals surface area contributed by atoms with Gasteiger partial charge in [0.25, 0.3) is 0 Å². The minimum absolute atomic E-state index is 0.117. The SMILES string of the molecule is COc1cccc(CC(=O)N2CCN(C3=Nc4ccccc4Oc4c(OC)cccc43)CC2)c1. The number of carbonyl (C=O) groups excluding carboxylic acids is 1. The van der Waals surface area contributed by atoms with E-state index >= 15 is 0 Å². The first-order valence-corrected chi connectivity index (χ1v) is 11.3. The first-order chi connectivity index (χ1) is 16.7. The molecule has 7 heteroatoms. The predicted octanol–water partition coefficient (Wildman–Crippen LogP) is 4.27. The van der Waals surface area contributed by atoms with Gasteiger partial charge in [0, 0.05) is 26.2 Å². The molecule has 0 aliphatic carbocycles. The van der Waals surface area contributed by atoms with Crippen molar-refractivity contribution >= 4 is 17.4 Å². The molecule has 0 bridgehead atoms. The molecule has 5 rings (SSSR count). The van der Waals surface area contributed by atoms with Crippen molar-refractivity contribution in [3.05, 3.63) is 77.9 Å². The third kappa shape index (κ3) is 4.29. The number of nitrogens with zero attached hydrogens (tertiary/aromatic N) is 3. The maximum absolute atomic E-state index is 13.0. The van der Waals surface area contributed by atoms with E-state index in [1.807, 2.05) is 71.6 Å². The van der Waals surface area contributed by atoms with Gasteiger partial charge < -0.3 is 24.0 Å². The fourth-order valence-electron chi connectivity index (χ4n) is 4.36. The highest BCUT2D eigenvalue weighted by Gasteiger charge is 2.29. The molecule has 174 valence electrons. The van der Waals surface area contributed by atoms with Crippen molar-refractivity contribution in [1.29, 1.82) is 0 Å². The van der Waals surface area contributed by atoms with Crippen LogP contribution in [0.25, 0.3) is 0 Å². The van der Waals surface area contributed by atoms with Crippen LogP contribution in [0.5, 0.6) is 23.0 Å². The van der Waals surface area contributed by atoms with Crippen LogP contribution in [-0.4, -0.2) is 61.9 Å². The topological polar surface area (TPSA) is 63.6 Å². The molecule has 0 saturated carbocycles. The number of methoxy groups -OCH3 is 2. The number of rotatable bonds is 4. The van der Waals surface area contributed by atoms with Crippen LogP contribution in [-0.2, 0) is 11.2 Å². The lowest BCUT2D eigenvalue weighted by Crippen LogP contribution is -2.51. The normalized spacial score (nSPS) is 14.8. The molecule has 0 N–H and O–H groups in total. The number of fused-ring (bicyclic) bond motifs is 2. The fraction of sp³-hybridized carbons (Fsp3) is 0.259. The summed E-state index contributed by atoms with van der Waals surface area (Å²) in [4.78, 5) is 22.1. The van der Waals surface area contributed by atoms with Crippen LogP contribution >= 0.6 is 0 Å². The van der Waals surface area contributed by atoms with Gasteiger partial charge in [-0.25, -0.2) is 4.99 Å². The summed E-state index contributed by atoms with van der Waals surface area (Å²) in [5.41, 5.74) is 2.61. The molecule has 0 radical (unpaired) electrons. The molecular weight excluding hydrogens is 430 g/mol. The van der Waals surface area contributed by atoms with Gasteiger partial charge in [-0.15, -0.1) is 0 Å². The van der Waals surface area contributed by atoms with Crippen molar-refractivity contribution in [3.63, 3.8) is 0 Å². The molecule has 1 fully saturated rings. The number of hydrogen-bond acceptors (Lipinski definition) is 6. The van der Waals surface area contributed by atoms with E-state index < -0.39 is 0 Å². The van der Waals surface area contributed by atoms with E-state index in [9.17, 15) is 4.79 Å². The molecule has 3 aromatic carbocycles. The number of carbonyl (C=O) groups is 1. The van der Waals surface area contributed by atoms with E-state index in [0.717, 1.165) is 28.4 Å². The highest BCUT2D eigenvalue weighted by molar-refractivity contribution is 6.04. The van der Waals surface area contributed by atoms with Gasteiger partial charge in [0.15, 0.2) is 17.2 Å². The highest BCUT2D eigenvalue weighted by Crippen LogP contribution is 2.42. The number of aliphatic imine (C=N–C) groups is 1. The number of amides is 1. The first-order valence-electron chi connectivity index (χ1n) is 11.3. The van der Waals surface area contributed by atoms with Gasteiger partial charge in [-0.3, -0.25) is 4.79 Å². The van der Waals surface area contributed by atoms with E-state index in [4.69, 9.17) is 19.2 Å². The first kappa shape index (κ1) is 21.8. The molecule has 0 aromatic heterocycles. The third-order valence-corrected chi connectivity index (χ3v) is 6.16. The van der Waals surface area contributed by atoms with E-state index in [0.29, 0.717) is 49.8 Å². The summed E-state index contributed by atoms with van der Waals surface area (Å²) in [6.07, 6.45) is 0.361. The Labute approximate surface area is 199 Å². The molecular formula is C27H27N3O4. The smallest absolute Gasteiger partial charge is 0.227 e. The van der Waals surface area contributed by atoms with Crippen LogP contribution in [0.15, 0.2) is 71.7 Å². The second kappa shape index (κ2) is 9.47. The van der Waals surface area contributed by atoms with Crippen molar-refractivity contribution in [2.45, 2.75) is 6.42 Å². The highest BCUT2D eigenvalue weighted by atomic mass is 16.5. The van der Waals surface area contributed by atoms with Crippen molar-refractivity contribution in [2.75, 3.05) is 40.4 Å². The standard InChI is InChI=1S/C27H27N3O4/c1-32-20-8-5-7-19(17-20)18-25(31)29-13-15-30(16-14-29)27-21-9-6-12-24(33-2)26(21)34-23-11-4-3-10-22(23)28-27/h3-12,17H,13-16,18H2,1-2H3. The Morgan fingerprint density at radius 2 is 1.74 bits per heavy atom. The minimum atomic E-state index is 0.117. The Kier molecular flexibility index (Phi) is 6.08. The lowest BCUT2D eigenvalue weighted by atomic mass is 10.1. The minimum Gasteiger partial charge on any atom is -0.497 e. The zero-order valence-electron chi connectivity index (χ0n) is 19.4. The zero-order chi connectivity index (χ0) is 23.5. The van der Waals surface area contributed by atoms with E-state index in [2.05, 4.69) is 4.90 Å². The van der Waals surface area contributed by atoms with Crippen molar-refractivity contribution in [1.82, 2.24) is 9.80 Å². The zero-order valence-corrected chi connectivity index (χ0v) is 19.4. The number of piperazine rings is 1. The van der Waals surface area contributed by atoms with Crippen molar-refractivity contribution in [2.24, 2.45) is 4.99 Å². The second-order valence-corrected chi connectivity index (χ2v) is 8.24. The molecule has 1 saturated heterocycles. The summed E-state index contributed by atoms with van der Waals surface area (Å²) >= 11 is 0. The van der Waals surface area contributed by atoms with Gasteiger partial charge in [-0.05, 0) is 42.0 Å². The Morgan fingerprint density at radius 1 is 0.941 bits per heavy atom.